The van der Waals surface area contributed by atoms with Crippen molar-refractivity contribution in [2.45, 2.75) is 17.2 Å². The molecule has 8 heteroatoms. The lowest BCUT2D eigenvalue weighted by molar-refractivity contribution is -0.140. The fourth-order valence-corrected chi connectivity index (χ4v) is 2.92. The van der Waals surface area contributed by atoms with Crippen molar-refractivity contribution < 1.29 is 22.3 Å². The fraction of sp³-hybridized carbons (Fsp3) is 0.364. The van der Waals surface area contributed by atoms with Crippen LogP contribution in [0.1, 0.15) is 5.56 Å². The molecular weight excluding hydrogens is 297 g/mol. The van der Waals surface area contributed by atoms with Crippen molar-refractivity contribution in [1.82, 2.24) is 4.72 Å². The molecule has 1 N–H and O–H groups in total. The highest BCUT2D eigenvalue weighted by Gasteiger charge is 2.22. The Hall–Kier alpha value is -1.18. The second-order valence-electron chi connectivity index (χ2n) is 3.75. The summed E-state index contributed by atoms with van der Waals surface area (Å²) in [5.74, 6) is -1.26. The summed E-state index contributed by atoms with van der Waals surface area (Å²) in [6, 6.07) is 3.29. The van der Waals surface area contributed by atoms with Gasteiger partial charge in [0.15, 0.2) is 0 Å². The average molecular weight is 310 g/mol. The molecule has 19 heavy (non-hydrogen) atoms. The number of hydrogen-bond acceptors (Lipinski definition) is 4. The van der Waals surface area contributed by atoms with E-state index in [1.165, 1.54) is 6.92 Å². The largest absolute Gasteiger partial charge is 0.468 e. The van der Waals surface area contributed by atoms with Crippen molar-refractivity contribution in [3.05, 3.63) is 29.6 Å². The lowest BCUT2D eigenvalue weighted by Crippen LogP contribution is -2.34. The molecule has 1 aromatic carbocycles. The molecule has 0 radical (unpaired) electrons. The standard InChI is InChI=1S/C11H13ClFNO4S/c1-7-5-8(13)3-4-10(7)19(16,17)14-6-9(12)11(15)18-2/h3-5,9,14H,6H2,1-2H3. The lowest BCUT2D eigenvalue weighted by atomic mass is 10.2. The smallest absolute Gasteiger partial charge is 0.325 e. The predicted octanol–water partition coefficient (Wildman–Crippen LogP) is 1.19. The van der Waals surface area contributed by atoms with Crippen molar-refractivity contribution in [3.63, 3.8) is 0 Å². The number of hydrogen-bond donors (Lipinski definition) is 1. The molecule has 0 aliphatic carbocycles. The van der Waals surface area contributed by atoms with Crippen LogP contribution in [0.3, 0.4) is 0 Å². The number of carbonyl (C=O) groups excluding carboxylic acids is 1. The van der Waals surface area contributed by atoms with Crippen molar-refractivity contribution in [2.75, 3.05) is 13.7 Å². The first-order valence-electron chi connectivity index (χ1n) is 5.25. The zero-order chi connectivity index (χ0) is 14.6. The Balaban J connectivity index is 2.85. The van der Waals surface area contributed by atoms with Crippen molar-refractivity contribution in [1.29, 1.82) is 0 Å². The number of alkyl halides is 1. The van der Waals surface area contributed by atoms with Gasteiger partial charge in [-0.05, 0) is 30.7 Å². The van der Waals surface area contributed by atoms with Gasteiger partial charge in [0.2, 0.25) is 10.0 Å². The number of ether oxygens (including phenoxy) is 1. The Labute approximate surface area is 115 Å². The van der Waals surface area contributed by atoms with Gasteiger partial charge in [-0.2, -0.15) is 0 Å². The molecule has 1 rings (SSSR count). The quantitative estimate of drug-likeness (QED) is 0.655. The number of methoxy groups -OCH3 is 1. The molecule has 0 aliphatic heterocycles. The third-order valence-electron chi connectivity index (χ3n) is 2.34. The first kappa shape index (κ1) is 15.9. The fourth-order valence-electron chi connectivity index (χ4n) is 1.39. The highest BCUT2D eigenvalue weighted by atomic mass is 35.5. The molecule has 0 spiro atoms. The van der Waals surface area contributed by atoms with Crippen LogP contribution in [-0.4, -0.2) is 33.4 Å². The number of aryl methyl sites for hydroxylation is 1. The monoisotopic (exact) mass is 309 g/mol. The minimum Gasteiger partial charge on any atom is -0.468 e. The summed E-state index contributed by atoms with van der Waals surface area (Å²) in [6.07, 6.45) is 0. The highest BCUT2D eigenvalue weighted by molar-refractivity contribution is 7.89. The van der Waals surface area contributed by atoms with Gasteiger partial charge in [-0.1, -0.05) is 0 Å². The highest BCUT2D eigenvalue weighted by Crippen LogP contribution is 2.16. The van der Waals surface area contributed by atoms with Gasteiger partial charge in [0.25, 0.3) is 0 Å². The first-order chi connectivity index (χ1) is 8.77. The molecule has 5 nitrogen and oxygen atoms in total. The third kappa shape index (κ3) is 4.15. The first-order valence-corrected chi connectivity index (χ1v) is 7.17. The number of carbonyl (C=O) groups is 1. The van der Waals surface area contributed by atoms with E-state index in [1.807, 2.05) is 0 Å². The van der Waals surface area contributed by atoms with E-state index in [9.17, 15) is 17.6 Å². The number of benzene rings is 1. The second kappa shape index (κ2) is 6.31. The van der Waals surface area contributed by atoms with Crippen LogP contribution < -0.4 is 4.72 Å². The van der Waals surface area contributed by atoms with Crippen LogP contribution in [0.15, 0.2) is 23.1 Å². The van der Waals surface area contributed by atoms with Gasteiger partial charge in [-0.15, -0.1) is 11.6 Å². The summed E-state index contributed by atoms with van der Waals surface area (Å²) in [5, 5.41) is -1.12. The van der Waals surface area contributed by atoms with E-state index in [-0.39, 0.29) is 17.0 Å². The van der Waals surface area contributed by atoms with Crippen molar-refractivity contribution in [2.24, 2.45) is 0 Å². The van der Waals surface area contributed by atoms with Crippen molar-refractivity contribution in [3.8, 4) is 0 Å². The van der Waals surface area contributed by atoms with Crippen LogP contribution in [0.2, 0.25) is 0 Å². The molecule has 0 saturated heterocycles. The predicted molar refractivity (Wildman–Crippen MR) is 68.0 cm³/mol. The van der Waals surface area contributed by atoms with Crippen LogP contribution in [0.5, 0.6) is 0 Å². The lowest BCUT2D eigenvalue weighted by Gasteiger charge is -2.11. The van der Waals surface area contributed by atoms with Gasteiger partial charge in [0, 0.05) is 6.54 Å². The normalized spacial score (nSPS) is 13.1. The Morgan fingerprint density at radius 3 is 2.68 bits per heavy atom. The minimum absolute atomic E-state index is 0.0670. The zero-order valence-electron chi connectivity index (χ0n) is 10.3. The molecule has 106 valence electrons. The molecular formula is C11H13ClFNO4S. The molecule has 0 aliphatic rings. The SMILES string of the molecule is COC(=O)C(Cl)CNS(=O)(=O)c1ccc(F)cc1C. The molecule has 0 aromatic heterocycles. The topological polar surface area (TPSA) is 72.5 Å². The maximum absolute atomic E-state index is 12.9. The number of nitrogens with one attached hydrogen (secondary N) is 1. The van der Waals surface area contributed by atoms with E-state index in [0.29, 0.717) is 0 Å². The molecule has 0 amide bonds. The molecule has 0 fully saturated rings. The van der Waals surface area contributed by atoms with E-state index in [1.54, 1.807) is 0 Å². The Kier molecular flexibility index (Phi) is 5.28. The number of halogens is 2. The van der Waals surface area contributed by atoms with Crippen LogP contribution in [0.25, 0.3) is 0 Å². The molecule has 0 heterocycles. The van der Waals surface area contributed by atoms with E-state index < -0.39 is 27.2 Å². The minimum atomic E-state index is -3.85. The molecule has 0 bridgehead atoms. The zero-order valence-corrected chi connectivity index (χ0v) is 11.9. The Morgan fingerprint density at radius 1 is 1.53 bits per heavy atom. The van der Waals surface area contributed by atoms with Crippen LogP contribution >= 0.6 is 11.6 Å². The maximum Gasteiger partial charge on any atom is 0.325 e. The van der Waals surface area contributed by atoms with Gasteiger partial charge < -0.3 is 4.74 Å². The maximum atomic E-state index is 12.9. The third-order valence-corrected chi connectivity index (χ3v) is 4.25. The number of esters is 1. The van der Waals surface area contributed by atoms with Gasteiger partial charge in [-0.3, -0.25) is 4.79 Å². The van der Waals surface area contributed by atoms with Gasteiger partial charge >= 0.3 is 5.97 Å². The van der Waals surface area contributed by atoms with E-state index >= 15 is 0 Å². The van der Waals surface area contributed by atoms with Crippen LogP contribution in [0.4, 0.5) is 4.39 Å². The van der Waals surface area contributed by atoms with E-state index in [0.717, 1.165) is 25.3 Å². The van der Waals surface area contributed by atoms with Crippen LogP contribution in [-0.2, 0) is 19.6 Å². The summed E-state index contributed by atoms with van der Waals surface area (Å²) < 4.78 is 43.3. The summed E-state index contributed by atoms with van der Waals surface area (Å²) in [7, 11) is -2.70. The van der Waals surface area contributed by atoms with Crippen LogP contribution in [0, 0.1) is 12.7 Å². The summed E-state index contributed by atoms with van der Waals surface area (Å²) in [5.41, 5.74) is 0.261. The van der Waals surface area contributed by atoms with Gasteiger partial charge in [-0.25, -0.2) is 17.5 Å². The Bertz CT molecular complexity index is 576. The van der Waals surface area contributed by atoms with Crippen molar-refractivity contribution >= 4 is 27.6 Å². The second-order valence-corrected chi connectivity index (χ2v) is 6.01. The van der Waals surface area contributed by atoms with E-state index in [2.05, 4.69) is 9.46 Å². The molecule has 1 aromatic rings. The molecule has 1 unspecified atom stereocenters. The summed E-state index contributed by atoms with van der Waals surface area (Å²) in [4.78, 5) is 11.0. The Morgan fingerprint density at radius 2 is 2.16 bits per heavy atom. The number of sulfonamides is 1. The van der Waals surface area contributed by atoms with Gasteiger partial charge in [0.1, 0.15) is 11.2 Å². The summed E-state index contributed by atoms with van der Waals surface area (Å²) >= 11 is 5.63. The van der Waals surface area contributed by atoms with E-state index in [4.69, 9.17) is 11.6 Å². The average Bonchev–Trinajstić information content (AvgIpc) is 2.34. The molecule has 0 saturated carbocycles. The summed E-state index contributed by atoms with van der Waals surface area (Å²) in [6.45, 7) is 1.16. The van der Waals surface area contributed by atoms with Gasteiger partial charge in [0.05, 0.1) is 12.0 Å². The number of rotatable bonds is 5. The molecule has 1 atom stereocenters.